The number of amides is 1. The topological polar surface area (TPSA) is 55.1 Å². The van der Waals surface area contributed by atoms with E-state index in [4.69, 9.17) is 5.73 Å². The fraction of sp³-hybridized carbons (Fsp3) is 0.615. The van der Waals surface area contributed by atoms with Crippen molar-refractivity contribution in [2.45, 2.75) is 44.7 Å². The summed E-state index contributed by atoms with van der Waals surface area (Å²) >= 11 is 5.26. The second kappa shape index (κ2) is 6.17. The second-order valence-corrected chi connectivity index (χ2v) is 7.48. The second-order valence-electron chi connectivity index (χ2n) is 4.98. The van der Waals surface area contributed by atoms with Gasteiger partial charge in [0.05, 0.1) is 3.79 Å². The summed E-state index contributed by atoms with van der Waals surface area (Å²) < 4.78 is 1.17. The first kappa shape index (κ1) is 14.0. The number of hydrogen-bond donors (Lipinski definition) is 2. The van der Waals surface area contributed by atoms with Crippen LogP contribution in [0.25, 0.3) is 0 Å². The summed E-state index contributed by atoms with van der Waals surface area (Å²) in [7, 11) is 0. The van der Waals surface area contributed by atoms with Crippen molar-refractivity contribution >= 4 is 33.2 Å². The molecule has 1 atom stereocenters. The Hall–Kier alpha value is -0.390. The fourth-order valence-corrected chi connectivity index (χ4v) is 3.98. The van der Waals surface area contributed by atoms with Gasteiger partial charge < -0.3 is 11.1 Å². The van der Waals surface area contributed by atoms with Crippen molar-refractivity contribution in [3.63, 3.8) is 0 Å². The van der Waals surface area contributed by atoms with Crippen LogP contribution in [0.3, 0.4) is 0 Å². The van der Waals surface area contributed by atoms with Gasteiger partial charge in [0, 0.05) is 22.9 Å². The van der Waals surface area contributed by atoms with E-state index in [1.807, 2.05) is 0 Å². The van der Waals surface area contributed by atoms with Crippen LogP contribution >= 0.6 is 27.3 Å². The number of halogens is 1. The molecule has 1 aliphatic carbocycles. The summed E-state index contributed by atoms with van der Waals surface area (Å²) in [4.78, 5) is 12.5. The first-order valence-corrected chi connectivity index (χ1v) is 7.98. The quantitative estimate of drug-likeness (QED) is 0.890. The molecule has 0 radical (unpaired) electrons. The molecule has 1 amide bonds. The first-order chi connectivity index (χ1) is 8.56. The number of rotatable bonds is 4. The molecule has 3 N–H and O–H groups in total. The molecule has 0 aliphatic heterocycles. The highest BCUT2D eigenvalue weighted by Gasteiger charge is 2.25. The SMILES string of the molecule is CC(NC1CCC(C(N)=O)CC1)c1ccc(Br)s1. The minimum atomic E-state index is -0.135. The summed E-state index contributed by atoms with van der Waals surface area (Å²) in [5.74, 6) is -0.0436. The molecule has 100 valence electrons. The predicted octanol–water partition coefficient (Wildman–Crippen LogP) is 3.21. The highest BCUT2D eigenvalue weighted by Crippen LogP contribution is 2.30. The van der Waals surface area contributed by atoms with Gasteiger partial charge in [-0.25, -0.2) is 0 Å². The maximum atomic E-state index is 11.1. The van der Waals surface area contributed by atoms with E-state index in [2.05, 4.69) is 40.3 Å². The van der Waals surface area contributed by atoms with Crippen LogP contribution in [0.1, 0.15) is 43.5 Å². The van der Waals surface area contributed by atoms with Crippen molar-refractivity contribution in [2.75, 3.05) is 0 Å². The Morgan fingerprint density at radius 1 is 1.44 bits per heavy atom. The van der Waals surface area contributed by atoms with Gasteiger partial charge in [-0.15, -0.1) is 11.3 Å². The minimum Gasteiger partial charge on any atom is -0.369 e. The first-order valence-electron chi connectivity index (χ1n) is 6.37. The number of hydrogen-bond acceptors (Lipinski definition) is 3. The Balaban J connectivity index is 1.83. The Bertz CT molecular complexity index is 413. The Morgan fingerprint density at radius 2 is 2.11 bits per heavy atom. The van der Waals surface area contributed by atoms with Crippen LogP contribution in [-0.4, -0.2) is 11.9 Å². The van der Waals surface area contributed by atoms with Gasteiger partial charge in [-0.1, -0.05) is 0 Å². The van der Waals surface area contributed by atoms with Gasteiger partial charge in [-0.2, -0.15) is 0 Å². The lowest BCUT2D eigenvalue weighted by Gasteiger charge is -2.29. The van der Waals surface area contributed by atoms with E-state index in [1.165, 1.54) is 8.66 Å². The molecule has 0 aromatic carbocycles. The number of primary amides is 1. The predicted molar refractivity (Wildman–Crippen MR) is 78.5 cm³/mol. The largest absolute Gasteiger partial charge is 0.369 e. The lowest BCUT2D eigenvalue weighted by Crippen LogP contribution is -2.37. The van der Waals surface area contributed by atoms with E-state index in [0.717, 1.165) is 25.7 Å². The van der Waals surface area contributed by atoms with Gasteiger partial charge in [0.25, 0.3) is 0 Å². The number of nitrogens with one attached hydrogen (secondary N) is 1. The van der Waals surface area contributed by atoms with Gasteiger partial charge in [0.15, 0.2) is 0 Å². The van der Waals surface area contributed by atoms with Crippen LogP contribution in [0.15, 0.2) is 15.9 Å². The normalized spacial score (nSPS) is 25.9. The lowest BCUT2D eigenvalue weighted by molar-refractivity contribution is -0.122. The van der Waals surface area contributed by atoms with Crippen molar-refractivity contribution in [1.82, 2.24) is 5.32 Å². The number of carbonyl (C=O) groups excluding carboxylic acids is 1. The van der Waals surface area contributed by atoms with Crippen LogP contribution in [-0.2, 0) is 4.79 Å². The molecular formula is C13H19BrN2OS. The summed E-state index contributed by atoms with van der Waals surface area (Å²) in [5, 5.41) is 3.65. The van der Waals surface area contributed by atoms with E-state index in [1.54, 1.807) is 11.3 Å². The highest BCUT2D eigenvalue weighted by atomic mass is 79.9. The van der Waals surface area contributed by atoms with Crippen molar-refractivity contribution in [3.8, 4) is 0 Å². The standard InChI is InChI=1S/C13H19BrN2OS/c1-8(11-6-7-12(14)18-11)16-10-4-2-9(3-5-10)13(15)17/h6-10,16H,2-5H2,1H3,(H2,15,17). The molecule has 0 saturated heterocycles. The summed E-state index contributed by atoms with van der Waals surface area (Å²) in [6.07, 6.45) is 3.94. The average molecular weight is 331 g/mol. The molecule has 0 spiro atoms. The number of thiophene rings is 1. The Labute approximate surface area is 120 Å². The zero-order valence-corrected chi connectivity index (χ0v) is 12.9. The van der Waals surface area contributed by atoms with E-state index < -0.39 is 0 Å². The molecule has 1 unspecified atom stereocenters. The van der Waals surface area contributed by atoms with Crippen LogP contribution in [0, 0.1) is 5.92 Å². The molecule has 5 heteroatoms. The Morgan fingerprint density at radius 3 is 2.61 bits per heavy atom. The Kier molecular flexibility index (Phi) is 4.81. The van der Waals surface area contributed by atoms with Crippen LogP contribution in [0.4, 0.5) is 0 Å². The third-order valence-corrected chi connectivity index (χ3v) is 5.44. The van der Waals surface area contributed by atoms with Crippen molar-refractivity contribution in [1.29, 1.82) is 0 Å². The molecule has 1 saturated carbocycles. The molecule has 2 rings (SSSR count). The summed E-state index contributed by atoms with van der Waals surface area (Å²) in [5.41, 5.74) is 5.34. The maximum Gasteiger partial charge on any atom is 0.220 e. The highest BCUT2D eigenvalue weighted by molar-refractivity contribution is 9.11. The van der Waals surface area contributed by atoms with Crippen molar-refractivity contribution in [3.05, 3.63) is 20.8 Å². The fourth-order valence-electron chi connectivity index (χ4n) is 2.54. The van der Waals surface area contributed by atoms with Crippen molar-refractivity contribution in [2.24, 2.45) is 11.7 Å². The molecule has 18 heavy (non-hydrogen) atoms. The summed E-state index contributed by atoms with van der Waals surface area (Å²) in [6.45, 7) is 2.19. The smallest absolute Gasteiger partial charge is 0.220 e. The zero-order chi connectivity index (χ0) is 13.1. The van der Waals surface area contributed by atoms with E-state index in [-0.39, 0.29) is 11.8 Å². The number of carbonyl (C=O) groups is 1. The zero-order valence-electron chi connectivity index (χ0n) is 10.5. The molecule has 1 heterocycles. The molecule has 1 aromatic heterocycles. The third-order valence-electron chi connectivity index (χ3n) is 3.64. The van der Waals surface area contributed by atoms with Crippen LogP contribution < -0.4 is 11.1 Å². The van der Waals surface area contributed by atoms with Gasteiger partial charge in [0.1, 0.15) is 0 Å². The molecular weight excluding hydrogens is 312 g/mol. The van der Waals surface area contributed by atoms with Gasteiger partial charge in [-0.3, -0.25) is 4.79 Å². The molecule has 1 aliphatic rings. The molecule has 3 nitrogen and oxygen atoms in total. The molecule has 1 aromatic rings. The maximum absolute atomic E-state index is 11.1. The average Bonchev–Trinajstić information content (AvgIpc) is 2.76. The summed E-state index contributed by atoms with van der Waals surface area (Å²) in [6, 6.07) is 5.12. The molecule has 1 fully saturated rings. The third kappa shape index (κ3) is 3.56. The minimum absolute atomic E-state index is 0.0919. The lowest BCUT2D eigenvalue weighted by atomic mass is 9.85. The monoisotopic (exact) mass is 330 g/mol. The van der Waals surface area contributed by atoms with Crippen LogP contribution in [0.2, 0.25) is 0 Å². The van der Waals surface area contributed by atoms with E-state index >= 15 is 0 Å². The van der Waals surface area contributed by atoms with E-state index in [9.17, 15) is 4.79 Å². The van der Waals surface area contributed by atoms with Gasteiger partial charge >= 0.3 is 0 Å². The van der Waals surface area contributed by atoms with E-state index in [0.29, 0.717) is 12.1 Å². The number of nitrogens with two attached hydrogens (primary N) is 1. The van der Waals surface area contributed by atoms with Gasteiger partial charge in [-0.05, 0) is 60.7 Å². The van der Waals surface area contributed by atoms with Gasteiger partial charge in [0.2, 0.25) is 5.91 Å². The van der Waals surface area contributed by atoms with Crippen LogP contribution in [0.5, 0.6) is 0 Å². The molecule has 0 bridgehead atoms. The van der Waals surface area contributed by atoms with Crippen molar-refractivity contribution < 1.29 is 4.79 Å².